The summed E-state index contributed by atoms with van der Waals surface area (Å²) in [6.45, 7) is 8.78. The van der Waals surface area contributed by atoms with Crippen LogP contribution < -0.4 is 0 Å². The Labute approximate surface area is 217 Å². The molecule has 3 rings (SSSR count). The van der Waals surface area contributed by atoms with E-state index in [9.17, 15) is 24.9 Å². The van der Waals surface area contributed by atoms with Gasteiger partial charge in [0.25, 0.3) is 0 Å². The number of aliphatic hydroxyl groups is 3. The third kappa shape index (κ3) is 6.59. The number of carbonyl (C=O) groups excluding carboxylic acids is 2. The molecule has 1 aliphatic heterocycles. The number of hydrogen-bond donors (Lipinski definition) is 3. The van der Waals surface area contributed by atoms with E-state index in [2.05, 4.69) is 11.1 Å². The van der Waals surface area contributed by atoms with Crippen molar-refractivity contribution in [2.24, 2.45) is 17.3 Å². The van der Waals surface area contributed by atoms with Crippen LogP contribution in [0.5, 0.6) is 0 Å². The molecule has 5 atom stereocenters. The van der Waals surface area contributed by atoms with Gasteiger partial charge in [-0.15, -0.1) is 11.3 Å². The fraction of sp³-hybridized carbons (Fsp3) is 0.607. The van der Waals surface area contributed by atoms with Crippen LogP contribution in [0.25, 0.3) is 10.2 Å². The Morgan fingerprint density at radius 1 is 1.19 bits per heavy atom. The van der Waals surface area contributed by atoms with Gasteiger partial charge < -0.3 is 20.1 Å². The van der Waals surface area contributed by atoms with Crippen LogP contribution in [-0.2, 0) is 20.9 Å². The lowest BCUT2D eigenvalue weighted by atomic mass is 9.73. The quantitative estimate of drug-likeness (QED) is 0.384. The van der Waals surface area contributed by atoms with Crippen molar-refractivity contribution < 1.29 is 29.6 Å². The maximum Gasteiger partial charge on any atom is 0.309 e. The topological polar surface area (TPSA) is 117 Å². The minimum absolute atomic E-state index is 0.0658. The van der Waals surface area contributed by atoms with Crippen LogP contribution in [0.4, 0.5) is 0 Å². The van der Waals surface area contributed by atoms with Crippen LogP contribution >= 0.6 is 11.3 Å². The maximum atomic E-state index is 13.2. The maximum absolute atomic E-state index is 13.2. The highest BCUT2D eigenvalue weighted by atomic mass is 32.1. The van der Waals surface area contributed by atoms with E-state index in [-0.39, 0.29) is 24.7 Å². The summed E-state index contributed by atoms with van der Waals surface area (Å²) in [6, 6.07) is 5.68. The van der Waals surface area contributed by atoms with Gasteiger partial charge in [0.15, 0.2) is 0 Å². The Balaban J connectivity index is 1.91. The zero-order chi connectivity index (χ0) is 26.6. The summed E-state index contributed by atoms with van der Waals surface area (Å²) in [5, 5.41) is 31.7. The molecule has 0 amide bonds. The van der Waals surface area contributed by atoms with E-state index in [4.69, 9.17) is 4.74 Å². The summed E-state index contributed by atoms with van der Waals surface area (Å²) in [6.07, 6.45) is 2.06. The zero-order valence-electron chi connectivity index (χ0n) is 21.9. The Kier molecular flexibility index (Phi) is 9.44. The highest BCUT2D eigenvalue weighted by molar-refractivity contribution is 7.18. The number of aliphatic hydroxyl groups excluding tert-OH is 3. The molecule has 2 heterocycles. The number of cyclic esters (lactones) is 1. The van der Waals surface area contributed by atoms with Gasteiger partial charge in [-0.05, 0) is 49.8 Å². The number of allylic oxidation sites excluding steroid dienone is 1. The van der Waals surface area contributed by atoms with Crippen molar-refractivity contribution in [2.45, 2.75) is 91.6 Å². The van der Waals surface area contributed by atoms with Crippen LogP contribution in [0.1, 0.15) is 83.4 Å². The molecular weight excluding hydrogens is 478 g/mol. The van der Waals surface area contributed by atoms with E-state index in [1.807, 2.05) is 32.0 Å². The fourth-order valence-corrected chi connectivity index (χ4v) is 5.62. The van der Waals surface area contributed by atoms with Crippen molar-refractivity contribution in [1.82, 2.24) is 4.98 Å². The molecule has 1 aliphatic rings. The second-order valence-corrected chi connectivity index (χ2v) is 11.8. The van der Waals surface area contributed by atoms with Crippen molar-refractivity contribution in [1.29, 1.82) is 0 Å². The van der Waals surface area contributed by atoms with Crippen LogP contribution in [0.2, 0.25) is 0 Å². The van der Waals surface area contributed by atoms with Crippen LogP contribution in [0, 0.1) is 17.3 Å². The Morgan fingerprint density at radius 2 is 1.92 bits per heavy atom. The molecule has 0 spiro atoms. The number of Topliss-reactive ketones (excluding diaryl/α,β-unsaturated/α-hetero) is 1. The molecule has 0 bridgehead atoms. The number of benzene rings is 1. The lowest BCUT2D eigenvalue weighted by molar-refractivity contribution is -0.155. The van der Waals surface area contributed by atoms with E-state index >= 15 is 0 Å². The molecule has 0 saturated heterocycles. The summed E-state index contributed by atoms with van der Waals surface area (Å²) in [5.74, 6) is -1.59. The third-order valence-corrected chi connectivity index (χ3v) is 8.51. The van der Waals surface area contributed by atoms with E-state index < -0.39 is 35.6 Å². The van der Waals surface area contributed by atoms with E-state index in [1.165, 1.54) is 11.3 Å². The monoisotopic (exact) mass is 517 g/mol. The number of carbonyl (C=O) groups is 2. The number of aromatic nitrogens is 1. The first kappa shape index (κ1) is 28.4. The molecular formula is C28H39NO6S. The van der Waals surface area contributed by atoms with E-state index in [1.54, 1.807) is 20.8 Å². The number of fused-ring (bicyclic) bond motifs is 1. The highest BCUT2D eigenvalue weighted by Crippen LogP contribution is 2.34. The first-order valence-electron chi connectivity index (χ1n) is 12.7. The molecule has 2 aromatic rings. The summed E-state index contributed by atoms with van der Waals surface area (Å²) in [4.78, 5) is 30.6. The van der Waals surface area contributed by atoms with Crippen LogP contribution in [0.3, 0.4) is 0 Å². The van der Waals surface area contributed by atoms with Gasteiger partial charge in [0.05, 0.1) is 40.9 Å². The van der Waals surface area contributed by atoms with Crippen molar-refractivity contribution in [3.05, 3.63) is 40.4 Å². The standard InChI is InChI=1S/C28H39NO6S/c1-16-7-6-8-17(2)26(33)18(3)27(34)28(4,5)23(31)14-25(32)35-21(11-9-16)19-10-12-22-20(13-19)29-24(15-30)36-22/h9-10,12-13,17-18,21,23,26,30-31,33H,6-8,11,14-15H2,1-5H3/b16-9-/t17-,18-,21-,23-,26-/m0/s1. The van der Waals surface area contributed by atoms with Crippen LogP contribution in [0.15, 0.2) is 29.8 Å². The summed E-state index contributed by atoms with van der Waals surface area (Å²) >= 11 is 1.42. The van der Waals surface area contributed by atoms with Crippen molar-refractivity contribution in [3.63, 3.8) is 0 Å². The number of hydrogen-bond acceptors (Lipinski definition) is 8. The first-order chi connectivity index (χ1) is 16.9. The fourth-order valence-electron chi connectivity index (χ4n) is 4.81. The minimum atomic E-state index is -1.25. The largest absolute Gasteiger partial charge is 0.457 e. The lowest BCUT2D eigenvalue weighted by Gasteiger charge is -2.34. The van der Waals surface area contributed by atoms with Gasteiger partial charge in [-0.2, -0.15) is 0 Å². The SMILES string of the molecule is C/C1=C/C[C@@H](c2ccc3sc(CO)nc3c2)OC(=O)C[C@H](O)C(C)(C)C(=O)[C@@H](C)[C@@H](O)[C@@H](C)CCC1. The normalized spacial score (nSPS) is 30.6. The molecule has 3 N–H and O–H groups in total. The molecule has 198 valence electrons. The van der Waals surface area contributed by atoms with Crippen molar-refractivity contribution in [2.75, 3.05) is 0 Å². The van der Waals surface area contributed by atoms with Crippen molar-refractivity contribution >= 4 is 33.3 Å². The smallest absolute Gasteiger partial charge is 0.309 e. The Morgan fingerprint density at radius 3 is 2.61 bits per heavy atom. The van der Waals surface area contributed by atoms with Gasteiger partial charge >= 0.3 is 5.97 Å². The van der Waals surface area contributed by atoms with Gasteiger partial charge in [-0.3, -0.25) is 9.59 Å². The molecule has 7 nitrogen and oxygen atoms in total. The summed E-state index contributed by atoms with van der Waals surface area (Å²) < 4.78 is 6.79. The number of nitrogens with zero attached hydrogens (tertiary/aromatic N) is 1. The number of thiazole rings is 1. The van der Waals surface area contributed by atoms with Gasteiger partial charge in [-0.1, -0.05) is 45.4 Å². The number of ether oxygens (including phenoxy) is 1. The first-order valence-corrected chi connectivity index (χ1v) is 13.5. The zero-order valence-corrected chi connectivity index (χ0v) is 22.7. The van der Waals surface area contributed by atoms with Crippen molar-refractivity contribution in [3.8, 4) is 0 Å². The number of ketones is 1. The van der Waals surface area contributed by atoms with Gasteiger partial charge in [0, 0.05) is 12.3 Å². The molecule has 0 aliphatic carbocycles. The second kappa shape index (κ2) is 11.9. The molecule has 0 unspecified atom stereocenters. The molecule has 1 aromatic carbocycles. The Bertz CT molecular complexity index is 1110. The average Bonchev–Trinajstić information content (AvgIpc) is 3.26. The molecule has 0 fully saturated rings. The molecule has 0 radical (unpaired) electrons. The van der Waals surface area contributed by atoms with E-state index in [0.717, 1.165) is 40.6 Å². The molecule has 0 saturated carbocycles. The van der Waals surface area contributed by atoms with Gasteiger partial charge in [0.2, 0.25) is 0 Å². The Hall–Kier alpha value is -2.13. The second-order valence-electron chi connectivity index (χ2n) is 10.7. The summed E-state index contributed by atoms with van der Waals surface area (Å²) in [7, 11) is 0. The predicted molar refractivity (Wildman–Crippen MR) is 140 cm³/mol. The number of esters is 1. The molecule has 1 aromatic heterocycles. The van der Waals surface area contributed by atoms with E-state index in [0.29, 0.717) is 11.4 Å². The molecule has 8 heteroatoms. The molecule has 36 heavy (non-hydrogen) atoms. The minimum Gasteiger partial charge on any atom is -0.457 e. The predicted octanol–water partition coefficient (Wildman–Crippen LogP) is 4.87. The highest BCUT2D eigenvalue weighted by Gasteiger charge is 2.42. The van der Waals surface area contributed by atoms with Gasteiger partial charge in [-0.25, -0.2) is 4.98 Å². The van der Waals surface area contributed by atoms with Gasteiger partial charge in [0.1, 0.15) is 16.9 Å². The van der Waals surface area contributed by atoms with Crippen LogP contribution in [-0.4, -0.2) is 44.3 Å². The number of rotatable bonds is 2. The third-order valence-electron chi connectivity index (χ3n) is 7.48. The summed E-state index contributed by atoms with van der Waals surface area (Å²) in [5.41, 5.74) is 1.46. The lowest BCUT2D eigenvalue weighted by Crippen LogP contribution is -2.45. The average molecular weight is 518 g/mol.